The maximum atomic E-state index is 13.6. The number of esters is 1. The number of unbranched alkanes of at least 4 members (excludes halogenated alkanes) is 42. The van der Waals surface area contributed by atoms with Crippen LogP contribution in [0.2, 0.25) is 0 Å². The normalized spacial score (nSPS) is 13.8. The van der Waals surface area contributed by atoms with E-state index in [9.17, 15) is 19.0 Å². The number of nitrogens with zero attached hydrogens (tertiary/aromatic N) is 1. The highest BCUT2D eigenvalue weighted by atomic mass is 31.2. The molecule has 1 amide bonds. The quantitative estimate of drug-likeness (QED) is 0.0205. The molecule has 0 heterocycles. The van der Waals surface area contributed by atoms with Crippen LogP contribution >= 0.6 is 7.82 Å². The predicted octanol–water partition coefficient (Wildman–Crippen LogP) is 22.0. The van der Waals surface area contributed by atoms with Crippen molar-refractivity contribution in [1.29, 1.82) is 0 Å². The monoisotopic (exact) mass is 1160 g/mol. The topological polar surface area (TPSA) is 111 Å². The highest BCUT2D eigenvalue weighted by Crippen LogP contribution is 2.43. The Kier molecular flexibility index (Phi) is 59.5. The van der Waals surface area contributed by atoms with Gasteiger partial charge in [0.1, 0.15) is 19.3 Å². The number of phosphoric acid groups is 1. The van der Waals surface area contributed by atoms with Crippen molar-refractivity contribution in [1.82, 2.24) is 5.32 Å². The molecule has 10 heteroatoms. The summed E-state index contributed by atoms with van der Waals surface area (Å²) in [5.74, 6) is -0.505. The molecule has 2 N–H and O–H groups in total. The van der Waals surface area contributed by atoms with E-state index >= 15 is 0 Å². The standard InChI is InChI=1S/C71H135N2O7P/c1-7-10-13-16-19-22-25-28-30-32-33-34-35-36-37-38-39-40-41-42-44-46-49-52-55-58-61-64-71(75)80-69(62-59-56-53-50-47-27-24-21-18-15-12-9-3)68(67-79-81(76,77)78-66-65-73(4,5)6)72-70(74)63-60-57-54-51-48-45-43-31-29-26-23-20-17-14-11-8-2/h11,14,20,23,29,31,59,62,68-69H,7-10,12-13,15-19,21-22,24-28,30,32-58,60-61,63-67H2,1-6H3,(H-,72,74,76,77)/p+1/b14-11+,23-20+,31-29+,62-59-. The van der Waals surface area contributed by atoms with Gasteiger partial charge in [-0.15, -0.1) is 0 Å². The van der Waals surface area contributed by atoms with Crippen molar-refractivity contribution in [3.8, 4) is 0 Å². The summed E-state index contributed by atoms with van der Waals surface area (Å²) in [7, 11) is 1.50. The van der Waals surface area contributed by atoms with E-state index < -0.39 is 20.0 Å². The molecule has 0 aliphatic rings. The fraction of sp³-hybridized carbons (Fsp3) is 0.859. The van der Waals surface area contributed by atoms with Crippen LogP contribution in [-0.4, -0.2) is 74.3 Å². The first-order valence-electron chi connectivity index (χ1n) is 35.0. The molecule has 476 valence electrons. The van der Waals surface area contributed by atoms with Crippen molar-refractivity contribution in [2.24, 2.45) is 0 Å². The van der Waals surface area contributed by atoms with Gasteiger partial charge in [0.25, 0.3) is 0 Å². The van der Waals surface area contributed by atoms with Crippen LogP contribution in [0.5, 0.6) is 0 Å². The zero-order valence-corrected chi connectivity index (χ0v) is 55.4. The van der Waals surface area contributed by atoms with Crippen LogP contribution in [0.15, 0.2) is 48.6 Å². The summed E-state index contributed by atoms with van der Waals surface area (Å²) in [5, 5.41) is 3.06. The van der Waals surface area contributed by atoms with E-state index in [4.69, 9.17) is 13.8 Å². The fourth-order valence-electron chi connectivity index (χ4n) is 10.4. The molecule has 0 radical (unpaired) electrons. The van der Waals surface area contributed by atoms with Crippen LogP contribution in [-0.2, 0) is 27.9 Å². The Morgan fingerprint density at radius 1 is 0.444 bits per heavy atom. The van der Waals surface area contributed by atoms with Gasteiger partial charge in [-0.25, -0.2) is 4.57 Å². The third-order valence-corrected chi connectivity index (χ3v) is 16.8. The molecule has 0 aromatic heterocycles. The van der Waals surface area contributed by atoms with E-state index in [0.29, 0.717) is 23.9 Å². The lowest BCUT2D eigenvalue weighted by atomic mass is 10.0. The van der Waals surface area contributed by atoms with Crippen molar-refractivity contribution in [2.75, 3.05) is 40.9 Å². The first-order valence-corrected chi connectivity index (χ1v) is 36.5. The van der Waals surface area contributed by atoms with Gasteiger partial charge in [0.05, 0.1) is 33.8 Å². The van der Waals surface area contributed by atoms with E-state index in [1.165, 1.54) is 218 Å². The minimum atomic E-state index is -4.45. The number of hydrogen-bond acceptors (Lipinski definition) is 6. The number of carbonyl (C=O) groups is 2. The zero-order chi connectivity index (χ0) is 59.3. The number of amides is 1. The molecule has 3 unspecified atom stereocenters. The Morgan fingerprint density at radius 2 is 0.790 bits per heavy atom. The third kappa shape index (κ3) is 62.3. The van der Waals surface area contributed by atoms with E-state index in [0.717, 1.165) is 89.9 Å². The number of quaternary nitrogens is 1. The molecule has 0 aliphatic heterocycles. The highest BCUT2D eigenvalue weighted by molar-refractivity contribution is 7.47. The molecule has 9 nitrogen and oxygen atoms in total. The van der Waals surface area contributed by atoms with Crippen molar-refractivity contribution in [3.63, 3.8) is 0 Å². The van der Waals surface area contributed by atoms with Crippen molar-refractivity contribution in [2.45, 2.75) is 354 Å². The molecule has 0 fully saturated rings. The Bertz CT molecular complexity index is 1520. The smallest absolute Gasteiger partial charge is 0.456 e. The molecular formula is C71H136N2O7P+. The van der Waals surface area contributed by atoms with Gasteiger partial charge in [-0.3, -0.25) is 18.6 Å². The summed E-state index contributed by atoms with van der Waals surface area (Å²) < 4.78 is 30.8. The first kappa shape index (κ1) is 79.0. The van der Waals surface area contributed by atoms with Gasteiger partial charge in [0, 0.05) is 12.8 Å². The molecule has 0 aromatic rings. The van der Waals surface area contributed by atoms with Gasteiger partial charge in [0.2, 0.25) is 5.91 Å². The van der Waals surface area contributed by atoms with Gasteiger partial charge in [0.15, 0.2) is 0 Å². The van der Waals surface area contributed by atoms with Gasteiger partial charge < -0.3 is 19.4 Å². The Labute approximate surface area is 503 Å². The first-order chi connectivity index (χ1) is 39.4. The number of carbonyl (C=O) groups excluding carboxylic acids is 2. The molecule has 3 atom stereocenters. The van der Waals surface area contributed by atoms with Crippen molar-refractivity contribution < 1.29 is 37.3 Å². The molecule has 0 bridgehead atoms. The molecular weight excluding hydrogens is 1020 g/mol. The largest absolute Gasteiger partial charge is 0.472 e. The number of likely N-dealkylation sites (N-methyl/N-ethyl adjacent to an activating group) is 1. The Hall–Kier alpha value is -2.03. The summed E-state index contributed by atoms with van der Waals surface area (Å²) in [6, 6.07) is -0.854. The van der Waals surface area contributed by atoms with E-state index in [2.05, 4.69) is 62.5 Å². The van der Waals surface area contributed by atoms with Crippen LogP contribution in [0.4, 0.5) is 0 Å². The average molecular weight is 1160 g/mol. The Balaban J connectivity index is 4.98. The van der Waals surface area contributed by atoms with E-state index in [1.807, 2.05) is 33.3 Å². The molecule has 0 spiro atoms. The number of nitrogens with one attached hydrogen (secondary N) is 1. The number of allylic oxidation sites excluding steroid dienone is 7. The average Bonchev–Trinajstić information content (AvgIpc) is 3.44. The lowest BCUT2D eigenvalue weighted by Crippen LogP contribution is -2.47. The molecule has 0 saturated carbocycles. The summed E-state index contributed by atoms with van der Waals surface area (Å²) in [6.45, 7) is 6.94. The maximum absolute atomic E-state index is 13.6. The minimum Gasteiger partial charge on any atom is -0.456 e. The summed E-state index contributed by atoms with van der Waals surface area (Å²) in [4.78, 5) is 37.8. The Morgan fingerprint density at radius 3 is 1.19 bits per heavy atom. The molecule has 0 saturated heterocycles. The van der Waals surface area contributed by atoms with Crippen LogP contribution in [0.3, 0.4) is 0 Å². The fourth-order valence-corrected chi connectivity index (χ4v) is 11.2. The molecule has 0 aromatic carbocycles. The minimum absolute atomic E-state index is 0.0385. The van der Waals surface area contributed by atoms with E-state index in [1.54, 1.807) is 0 Å². The van der Waals surface area contributed by atoms with E-state index in [-0.39, 0.29) is 25.1 Å². The second-order valence-electron chi connectivity index (χ2n) is 25.0. The summed E-state index contributed by atoms with van der Waals surface area (Å²) >= 11 is 0. The third-order valence-electron chi connectivity index (χ3n) is 15.8. The molecule has 81 heavy (non-hydrogen) atoms. The summed E-state index contributed by atoms with van der Waals surface area (Å²) in [5.41, 5.74) is 0. The number of ether oxygens (including phenoxy) is 1. The maximum Gasteiger partial charge on any atom is 0.472 e. The van der Waals surface area contributed by atoms with Crippen molar-refractivity contribution in [3.05, 3.63) is 48.6 Å². The lowest BCUT2D eigenvalue weighted by Gasteiger charge is -2.27. The SMILES string of the molecule is CC/C=C/C/C=C/C/C=C/CCCCCCCCC(=O)NC(COP(=O)(O)OCC[N+](C)(C)C)C(/C=C\CCCCCCCCCCCC)OC(=O)CCCCCCCCCCCCCCCCCCCCCCCCCCCCC. The molecule has 0 rings (SSSR count). The van der Waals surface area contributed by atoms with Crippen LogP contribution < -0.4 is 5.32 Å². The zero-order valence-electron chi connectivity index (χ0n) is 54.5. The lowest BCUT2D eigenvalue weighted by molar-refractivity contribution is -0.870. The number of hydrogen-bond donors (Lipinski definition) is 2. The van der Waals surface area contributed by atoms with Gasteiger partial charge >= 0.3 is 13.8 Å². The summed E-state index contributed by atoms with van der Waals surface area (Å²) in [6.07, 6.45) is 77.1. The van der Waals surface area contributed by atoms with Crippen LogP contribution in [0, 0.1) is 0 Å². The second-order valence-corrected chi connectivity index (χ2v) is 26.5. The number of phosphoric ester groups is 1. The highest BCUT2D eigenvalue weighted by Gasteiger charge is 2.30. The molecule has 0 aliphatic carbocycles. The van der Waals surface area contributed by atoms with Gasteiger partial charge in [-0.05, 0) is 63.9 Å². The van der Waals surface area contributed by atoms with Gasteiger partial charge in [-0.1, -0.05) is 314 Å². The van der Waals surface area contributed by atoms with Gasteiger partial charge in [-0.2, -0.15) is 0 Å². The van der Waals surface area contributed by atoms with Crippen molar-refractivity contribution >= 4 is 19.7 Å². The second kappa shape index (κ2) is 61.1. The number of rotatable bonds is 64. The van der Waals surface area contributed by atoms with Crippen LogP contribution in [0.25, 0.3) is 0 Å². The predicted molar refractivity (Wildman–Crippen MR) is 351 cm³/mol. The van der Waals surface area contributed by atoms with Crippen LogP contribution in [0.1, 0.15) is 342 Å².